The first-order chi connectivity index (χ1) is 20.3. The van der Waals surface area contributed by atoms with E-state index in [1.54, 1.807) is 43.2 Å². The van der Waals surface area contributed by atoms with Gasteiger partial charge in [-0.2, -0.15) is 0 Å². The number of benzene rings is 2. The van der Waals surface area contributed by atoms with E-state index in [0.717, 1.165) is 5.56 Å². The van der Waals surface area contributed by atoms with Crippen LogP contribution in [0, 0.1) is 5.92 Å². The molecule has 2 fully saturated rings. The zero-order valence-corrected chi connectivity index (χ0v) is 26.1. The van der Waals surface area contributed by atoms with Gasteiger partial charge in [-0.15, -0.1) is 0 Å². The first-order valence-electron chi connectivity index (χ1n) is 14.5. The Morgan fingerprint density at radius 3 is 2.47 bits per heavy atom. The number of β-lactam (4-membered cyclic amide) rings is 1. The molecule has 3 aliphatic rings. The van der Waals surface area contributed by atoms with Crippen LogP contribution in [0.25, 0.3) is 0 Å². The molecule has 1 unspecified atom stereocenters. The summed E-state index contributed by atoms with van der Waals surface area (Å²) in [4.78, 5) is 67.9. The topological polar surface area (TPSA) is 137 Å². The van der Waals surface area contributed by atoms with Crippen molar-refractivity contribution in [2.24, 2.45) is 5.92 Å². The van der Waals surface area contributed by atoms with Gasteiger partial charge in [-0.3, -0.25) is 24.1 Å². The molecule has 3 amide bonds. The van der Waals surface area contributed by atoms with Crippen molar-refractivity contribution in [2.75, 3.05) is 30.0 Å². The minimum atomic E-state index is -3.02. The highest BCUT2D eigenvalue weighted by atomic mass is 28.4. The number of hydrogen-bond donors (Lipinski definition) is 2. The Morgan fingerprint density at radius 2 is 1.86 bits per heavy atom. The average molecular weight is 610 g/mol. The molecule has 0 aromatic heterocycles. The number of aliphatic hydroxyl groups excluding tert-OH is 1. The summed E-state index contributed by atoms with van der Waals surface area (Å²) in [6.45, 7) is 6.95. The van der Waals surface area contributed by atoms with Gasteiger partial charge >= 0.3 is 5.97 Å². The van der Waals surface area contributed by atoms with Gasteiger partial charge in [0.15, 0.2) is 20.1 Å². The fraction of sp³-hybridized carbons (Fsp3) is 0.484. The maximum atomic E-state index is 14.1. The van der Waals surface area contributed by atoms with E-state index in [0.29, 0.717) is 23.5 Å². The van der Waals surface area contributed by atoms with E-state index >= 15 is 0 Å². The number of nitrogens with zero attached hydrogens (tertiary/aromatic N) is 3. The molecule has 2 saturated heterocycles. The van der Waals surface area contributed by atoms with Crippen LogP contribution in [0.3, 0.4) is 0 Å². The highest BCUT2D eigenvalue weighted by Gasteiger charge is 2.66. The third-order valence-corrected chi connectivity index (χ3v) is 11.4. The molecule has 0 bridgehead atoms. The molecule has 12 heteroatoms. The van der Waals surface area contributed by atoms with Crippen LogP contribution >= 0.6 is 0 Å². The predicted octanol–water partition coefficient (Wildman–Crippen LogP) is 2.50. The highest BCUT2D eigenvalue weighted by molar-refractivity contribution is 6.71. The average Bonchev–Trinajstić information content (AvgIpc) is 3.34. The van der Waals surface area contributed by atoms with Crippen molar-refractivity contribution in [3.8, 4) is 0 Å². The summed E-state index contributed by atoms with van der Waals surface area (Å²) in [5.74, 6) is -1.78. The molecule has 2 N–H and O–H groups in total. The Balaban J connectivity index is 1.50. The van der Waals surface area contributed by atoms with E-state index in [2.05, 4.69) is 0 Å². The fourth-order valence-electron chi connectivity index (χ4n) is 7.02. The van der Waals surface area contributed by atoms with Crippen LogP contribution in [-0.4, -0.2) is 79.3 Å². The lowest BCUT2D eigenvalue weighted by molar-refractivity contribution is -0.154. The molecule has 11 nitrogen and oxygen atoms in total. The van der Waals surface area contributed by atoms with Crippen molar-refractivity contribution in [1.29, 1.82) is 0 Å². The van der Waals surface area contributed by atoms with E-state index in [-0.39, 0.29) is 43.7 Å². The number of ether oxygens (including phenoxy) is 2. The number of rotatable bonds is 9. The first kappa shape index (κ1) is 30.9. The lowest BCUT2D eigenvalue weighted by Gasteiger charge is -2.39. The van der Waals surface area contributed by atoms with Gasteiger partial charge in [0.25, 0.3) is 5.91 Å². The van der Waals surface area contributed by atoms with E-state index in [1.807, 2.05) is 37.3 Å². The number of fused-ring (bicyclic) bond motifs is 2. The Morgan fingerprint density at radius 1 is 1.16 bits per heavy atom. The number of carbonyl (C=O) groups excluding carboxylic acids is 4. The molecule has 5 rings (SSSR count). The Labute approximate surface area is 252 Å². The van der Waals surface area contributed by atoms with Gasteiger partial charge in [0.05, 0.1) is 31.2 Å². The number of likely N-dealkylation sites (N-methyl/N-ethyl adjacent to an activating group) is 1. The lowest BCUT2D eigenvalue weighted by atomic mass is 9.82. The van der Waals surface area contributed by atoms with Crippen LogP contribution in [0.2, 0.25) is 18.6 Å². The number of anilines is 2. The summed E-state index contributed by atoms with van der Waals surface area (Å²) in [6.07, 6.45) is -1.51. The third-order valence-electron chi connectivity index (χ3n) is 8.90. The minimum absolute atomic E-state index is 0.0669. The zero-order chi connectivity index (χ0) is 31.3. The van der Waals surface area contributed by atoms with Crippen molar-refractivity contribution >= 4 is 43.4 Å². The summed E-state index contributed by atoms with van der Waals surface area (Å²) < 4.78 is 12.0. The van der Waals surface area contributed by atoms with Crippen LogP contribution in [0.4, 0.5) is 11.4 Å². The van der Waals surface area contributed by atoms with E-state index in [1.165, 1.54) is 16.7 Å². The van der Waals surface area contributed by atoms with Crippen LogP contribution in [-0.2, 0) is 40.8 Å². The minimum Gasteiger partial charge on any atom is -0.441 e. The van der Waals surface area contributed by atoms with Crippen LogP contribution < -0.4 is 9.80 Å². The second-order valence-corrected chi connectivity index (χ2v) is 16.2. The van der Waals surface area contributed by atoms with E-state index in [9.17, 15) is 29.1 Å². The number of esters is 1. The predicted molar refractivity (Wildman–Crippen MR) is 160 cm³/mol. The van der Waals surface area contributed by atoms with Crippen LogP contribution in [0.1, 0.15) is 37.8 Å². The quantitative estimate of drug-likeness (QED) is 0.252. The summed E-state index contributed by atoms with van der Waals surface area (Å²) in [5.41, 5.74) is 0.558. The summed E-state index contributed by atoms with van der Waals surface area (Å²) in [7, 11) is -1.37. The summed E-state index contributed by atoms with van der Waals surface area (Å²) in [5, 5.41) is 9.71. The van der Waals surface area contributed by atoms with Crippen LogP contribution in [0.5, 0.6) is 0 Å². The molecule has 0 radical (unpaired) electrons. The number of aliphatic hydroxyl groups is 1. The Hall–Kier alpha value is -3.58. The Bertz CT molecular complexity index is 1430. The molecule has 230 valence electrons. The van der Waals surface area contributed by atoms with Gasteiger partial charge in [0.1, 0.15) is 0 Å². The number of amides is 3. The monoisotopic (exact) mass is 609 g/mol. The molecule has 0 saturated carbocycles. The molecular formula is C31H39N3O8Si. The molecule has 5 atom stereocenters. The summed E-state index contributed by atoms with van der Waals surface area (Å²) >= 11 is 0. The molecule has 2 aromatic carbocycles. The maximum absolute atomic E-state index is 14.1. The highest BCUT2D eigenvalue weighted by Crippen LogP contribution is 2.60. The molecule has 43 heavy (non-hydrogen) atoms. The smallest absolute Gasteiger partial charge is 0.304 e. The molecule has 3 aliphatic heterocycles. The van der Waals surface area contributed by atoms with Gasteiger partial charge in [-0.25, -0.2) is 0 Å². The largest absolute Gasteiger partial charge is 0.441 e. The number of carbonyl (C=O) groups is 4. The van der Waals surface area contributed by atoms with Gasteiger partial charge in [-0.05, 0) is 36.9 Å². The summed E-state index contributed by atoms with van der Waals surface area (Å²) in [6, 6.07) is 14.6. The van der Waals surface area contributed by atoms with Gasteiger partial charge < -0.3 is 29.2 Å². The van der Waals surface area contributed by atoms with Crippen molar-refractivity contribution in [3.63, 3.8) is 0 Å². The van der Waals surface area contributed by atoms with E-state index < -0.39 is 43.7 Å². The zero-order valence-electron chi connectivity index (χ0n) is 25.1. The lowest BCUT2D eigenvalue weighted by Crippen LogP contribution is -2.55. The fourth-order valence-corrected chi connectivity index (χ4v) is 9.58. The van der Waals surface area contributed by atoms with Crippen molar-refractivity contribution in [1.82, 2.24) is 4.90 Å². The van der Waals surface area contributed by atoms with Gasteiger partial charge in [0.2, 0.25) is 11.8 Å². The molecule has 0 aliphatic carbocycles. The first-order valence-corrected chi connectivity index (χ1v) is 17.6. The van der Waals surface area contributed by atoms with Crippen molar-refractivity contribution in [2.45, 2.75) is 69.8 Å². The van der Waals surface area contributed by atoms with E-state index in [4.69, 9.17) is 9.47 Å². The number of hydrogen-bond acceptors (Lipinski definition) is 8. The normalized spacial score (nSPS) is 26.5. The Kier molecular flexibility index (Phi) is 8.25. The molecular weight excluding hydrogens is 570 g/mol. The van der Waals surface area contributed by atoms with Gasteiger partial charge in [0, 0.05) is 49.8 Å². The second kappa shape index (κ2) is 11.5. The van der Waals surface area contributed by atoms with Crippen molar-refractivity contribution in [3.05, 3.63) is 59.7 Å². The maximum Gasteiger partial charge on any atom is 0.304 e. The standard InChI is InChI=1S/C31H39N3O8Si/c1-19-29(43(4,5)40)25(16-26(37)33(13-14-35)18-21-9-7-6-8-10-21)42-31(19)23-15-22(11-12-24(23)32(3)30(31)39)34-27(38)17-28(34)41-20(2)36/h6-12,15,19,25,28-29,35,40H,13-14,16-18H2,1-5H3/t19-,25+,28?,29-,31+/m1/s1. The third kappa shape index (κ3) is 5.37. The van der Waals surface area contributed by atoms with Gasteiger partial charge in [-0.1, -0.05) is 37.3 Å². The molecule has 3 heterocycles. The molecule has 1 spiro atoms. The second-order valence-electron chi connectivity index (χ2n) is 12.2. The van der Waals surface area contributed by atoms with Crippen molar-refractivity contribution < 1.29 is 38.6 Å². The van der Waals surface area contributed by atoms with Crippen LogP contribution in [0.15, 0.2) is 48.5 Å². The molecule has 2 aromatic rings. The SMILES string of the molecule is CC(=O)OC1CC(=O)N1c1ccc2c(c1)[C@]1(O[C@@H](CC(=O)N(CCO)Cc3ccccc3)[C@H]([Si](C)(C)O)[C@H]1C)C(=O)N2C.